The van der Waals surface area contributed by atoms with Crippen molar-refractivity contribution in [2.75, 3.05) is 30.3 Å². The molecule has 2 aromatic rings. The van der Waals surface area contributed by atoms with Crippen LogP contribution in [0.25, 0.3) is 0 Å². The van der Waals surface area contributed by atoms with Gasteiger partial charge in [-0.3, -0.25) is 9.59 Å². The third-order valence-corrected chi connectivity index (χ3v) is 4.76. The number of carbonyl (C=O) groups excluding carboxylic acids is 2. The largest absolute Gasteiger partial charge is 0.360 e. The zero-order valence-corrected chi connectivity index (χ0v) is 16.7. The summed E-state index contributed by atoms with van der Waals surface area (Å²) in [6.07, 6.45) is 3.59. The molecule has 1 aliphatic heterocycles. The average Bonchev–Trinajstić information content (AvgIpc) is 3.18. The second-order valence-corrected chi connectivity index (χ2v) is 6.98. The Bertz CT molecular complexity index is 932. The summed E-state index contributed by atoms with van der Waals surface area (Å²) in [5, 5.41) is 18.3. The number of anilines is 3. The Labute approximate surface area is 176 Å². The summed E-state index contributed by atoms with van der Waals surface area (Å²) in [6, 6.07) is 19.3. The first-order chi connectivity index (χ1) is 14.7. The van der Waals surface area contributed by atoms with Crippen LogP contribution in [0.1, 0.15) is 19.3 Å². The van der Waals surface area contributed by atoms with Crippen molar-refractivity contribution < 1.29 is 9.59 Å². The predicted octanol–water partition coefficient (Wildman–Crippen LogP) is 3.38. The molecule has 7 nitrogen and oxygen atoms in total. The van der Waals surface area contributed by atoms with Gasteiger partial charge in [-0.05, 0) is 49.2 Å². The Hall–Kier alpha value is -3.79. The maximum absolute atomic E-state index is 12.2. The molecule has 3 rings (SSSR count). The minimum Gasteiger partial charge on any atom is -0.360 e. The summed E-state index contributed by atoms with van der Waals surface area (Å²) in [7, 11) is 0. The van der Waals surface area contributed by atoms with Gasteiger partial charge in [-0.2, -0.15) is 5.26 Å². The lowest BCUT2D eigenvalue weighted by atomic mass is 10.2. The van der Waals surface area contributed by atoms with Crippen molar-refractivity contribution in [3.63, 3.8) is 0 Å². The van der Waals surface area contributed by atoms with Gasteiger partial charge < -0.3 is 20.9 Å². The number of para-hydroxylation sites is 1. The summed E-state index contributed by atoms with van der Waals surface area (Å²) in [5.41, 5.74) is 2.70. The molecule has 0 bridgehead atoms. The fourth-order valence-electron chi connectivity index (χ4n) is 3.15. The van der Waals surface area contributed by atoms with E-state index in [1.54, 1.807) is 0 Å². The van der Waals surface area contributed by atoms with Gasteiger partial charge >= 0.3 is 0 Å². The zero-order chi connectivity index (χ0) is 21.2. The molecule has 1 saturated heterocycles. The summed E-state index contributed by atoms with van der Waals surface area (Å²) >= 11 is 0. The van der Waals surface area contributed by atoms with E-state index in [4.69, 9.17) is 0 Å². The topological polar surface area (TPSA) is 97.3 Å². The Morgan fingerprint density at radius 3 is 2.43 bits per heavy atom. The van der Waals surface area contributed by atoms with Crippen LogP contribution in [0.15, 0.2) is 66.4 Å². The second-order valence-electron chi connectivity index (χ2n) is 6.98. The highest BCUT2D eigenvalue weighted by atomic mass is 16.2. The molecule has 1 aliphatic rings. The molecule has 0 spiro atoms. The maximum Gasteiger partial charge on any atom is 0.263 e. The van der Waals surface area contributed by atoms with Crippen LogP contribution in [0.5, 0.6) is 0 Å². The fraction of sp³-hybridized carbons (Fsp3) is 0.261. The summed E-state index contributed by atoms with van der Waals surface area (Å²) in [6.45, 7) is 1.84. The monoisotopic (exact) mass is 403 g/mol. The minimum absolute atomic E-state index is 0.00117. The van der Waals surface area contributed by atoms with Crippen LogP contribution < -0.4 is 16.0 Å². The van der Waals surface area contributed by atoms with Gasteiger partial charge in [-0.25, -0.2) is 0 Å². The average molecular weight is 403 g/mol. The van der Waals surface area contributed by atoms with Crippen molar-refractivity contribution >= 4 is 28.9 Å². The second kappa shape index (κ2) is 10.7. The highest BCUT2D eigenvalue weighted by Gasteiger charge is 2.19. The molecule has 2 amide bonds. The van der Waals surface area contributed by atoms with Crippen LogP contribution in [-0.4, -0.2) is 36.3 Å². The molecule has 154 valence electrons. The van der Waals surface area contributed by atoms with Crippen LogP contribution in [0.2, 0.25) is 0 Å². The molecule has 7 heteroatoms. The third kappa shape index (κ3) is 6.11. The highest BCUT2D eigenvalue weighted by Crippen LogP contribution is 2.18. The smallest absolute Gasteiger partial charge is 0.263 e. The first kappa shape index (κ1) is 20.9. The molecule has 30 heavy (non-hydrogen) atoms. The van der Waals surface area contributed by atoms with Crippen molar-refractivity contribution in [3.05, 3.63) is 66.4 Å². The van der Waals surface area contributed by atoms with Gasteiger partial charge in [0.15, 0.2) is 0 Å². The normalized spacial score (nSPS) is 13.6. The Kier molecular flexibility index (Phi) is 7.45. The number of benzene rings is 2. The quantitative estimate of drug-likeness (QED) is 0.339. The first-order valence-corrected chi connectivity index (χ1v) is 10.0. The molecule has 1 heterocycles. The number of hydrogen-bond acceptors (Lipinski definition) is 5. The van der Waals surface area contributed by atoms with Crippen LogP contribution >= 0.6 is 0 Å². The van der Waals surface area contributed by atoms with E-state index >= 15 is 0 Å². The van der Waals surface area contributed by atoms with E-state index in [-0.39, 0.29) is 11.5 Å². The van der Waals surface area contributed by atoms with E-state index in [1.165, 1.54) is 6.20 Å². The van der Waals surface area contributed by atoms with Gasteiger partial charge in [0.25, 0.3) is 5.91 Å². The molecule has 0 saturated carbocycles. The van der Waals surface area contributed by atoms with Crippen LogP contribution in [-0.2, 0) is 9.59 Å². The molecular formula is C23H25N5O2. The molecule has 0 aliphatic carbocycles. The van der Waals surface area contributed by atoms with Gasteiger partial charge in [0.2, 0.25) is 5.91 Å². The number of nitriles is 1. The third-order valence-electron chi connectivity index (χ3n) is 4.76. The number of carbonyl (C=O) groups is 2. The Morgan fingerprint density at radius 2 is 1.77 bits per heavy atom. The van der Waals surface area contributed by atoms with Crippen LogP contribution in [0.3, 0.4) is 0 Å². The molecule has 0 aromatic heterocycles. The lowest BCUT2D eigenvalue weighted by Crippen LogP contribution is -2.31. The van der Waals surface area contributed by atoms with E-state index in [0.717, 1.165) is 30.0 Å². The van der Waals surface area contributed by atoms with Crippen molar-refractivity contribution in [2.24, 2.45) is 0 Å². The number of likely N-dealkylation sites (tertiary alicyclic amines) is 1. The van der Waals surface area contributed by atoms with E-state index in [2.05, 4.69) is 16.0 Å². The Morgan fingerprint density at radius 1 is 1.07 bits per heavy atom. The molecule has 0 atom stereocenters. The molecule has 0 unspecified atom stereocenters. The van der Waals surface area contributed by atoms with Gasteiger partial charge in [0.05, 0.1) is 0 Å². The standard InChI is InChI=1S/C23H25N5O2/c24-16-18(23(30)25-13-5-15-28-14-4-8-22(28)29)17-26-19-9-11-21(12-10-19)27-20-6-2-1-3-7-20/h1-3,6-7,9-12,17,26-27H,4-5,8,13-15H2,(H,25,30)/b18-17-. The number of nitrogens with one attached hydrogen (secondary N) is 3. The molecule has 3 N–H and O–H groups in total. The van der Waals surface area contributed by atoms with E-state index in [0.29, 0.717) is 25.9 Å². The Balaban J connectivity index is 1.45. The maximum atomic E-state index is 12.2. The fourth-order valence-corrected chi connectivity index (χ4v) is 3.15. The molecule has 1 fully saturated rings. The van der Waals surface area contributed by atoms with Gasteiger partial charge in [0.1, 0.15) is 11.6 Å². The minimum atomic E-state index is -0.430. The van der Waals surface area contributed by atoms with Gasteiger partial charge in [-0.15, -0.1) is 0 Å². The van der Waals surface area contributed by atoms with E-state index in [1.807, 2.05) is 65.6 Å². The van der Waals surface area contributed by atoms with Crippen molar-refractivity contribution in [1.29, 1.82) is 5.26 Å². The lowest BCUT2D eigenvalue weighted by Gasteiger charge is -2.15. The summed E-state index contributed by atoms with van der Waals surface area (Å²) < 4.78 is 0. The van der Waals surface area contributed by atoms with Gasteiger partial charge in [0, 0.05) is 49.3 Å². The summed E-state index contributed by atoms with van der Waals surface area (Å²) in [4.78, 5) is 25.6. The van der Waals surface area contributed by atoms with Crippen LogP contribution in [0.4, 0.5) is 17.1 Å². The molecular weight excluding hydrogens is 378 g/mol. The van der Waals surface area contributed by atoms with Crippen molar-refractivity contribution in [3.8, 4) is 6.07 Å². The van der Waals surface area contributed by atoms with E-state index in [9.17, 15) is 14.9 Å². The molecule has 0 radical (unpaired) electrons. The SMILES string of the molecule is N#C/C(=C/Nc1ccc(Nc2ccccc2)cc1)C(=O)NCCCN1CCCC1=O. The highest BCUT2D eigenvalue weighted by molar-refractivity contribution is 5.97. The van der Waals surface area contributed by atoms with E-state index < -0.39 is 5.91 Å². The lowest BCUT2D eigenvalue weighted by molar-refractivity contribution is -0.127. The number of nitrogens with zero attached hydrogens (tertiary/aromatic N) is 2. The number of amides is 2. The number of rotatable bonds is 9. The van der Waals surface area contributed by atoms with Crippen molar-refractivity contribution in [2.45, 2.75) is 19.3 Å². The zero-order valence-electron chi connectivity index (χ0n) is 16.7. The summed E-state index contributed by atoms with van der Waals surface area (Å²) in [5.74, 6) is -0.256. The van der Waals surface area contributed by atoms with Crippen molar-refractivity contribution in [1.82, 2.24) is 10.2 Å². The molecule has 2 aromatic carbocycles. The van der Waals surface area contributed by atoms with Gasteiger partial charge in [-0.1, -0.05) is 18.2 Å². The van der Waals surface area contributed by atoms with Crippen LogP contribution in [0, 0.1) is 11.3 Å². The first-order valence-electron chi connectivity index (χ1n) is 10.0. The predicted molar refractivity (Wildman–Crippen MR) is 117 cm³/mol. The number of hydrogen-bond donors (Lipinski definition) is 3.